The number of benzene rings is 3. The maximum Gasteiger partial charge on any atom is 0.264 e. The molecule has 0 spiro atoms. The summed E-state index contributed by atoms with van der Waals surface area (Å²) < 4.78 is 45.2. The number of hydrogen-bond acceptors (Lipinski definition) is 4. The molecule has 0 aliphatic rings. The third-order valence-corrected chi connectivity index (χ3v) is 8.27. The monoisotopic (exact) mass is 596 g/mol. The zero-order valence-corrected chi connectivity index (χ0v) is 23.4. The van der Waals surface area contributed by atoms with Gasteiger partial charge in [0.1, 0.15) is 12.4 Å². The van der Waals surface area contributed by atoms with E-state index in [-0.39, 0.29) is 10.6 Å². The molecule has 0 aliphatic carbocycles. The van der Waals surface area contributed by atoms with Crippen LogP contribution in [-0.4, -0.2) is 31.7 Å². The predicted octanol–water partition coefficient (Wildman–Crippen LogP) is 5.65. The maximum absolute atomic E-state index is 14.6. The molecular formula is C28H26BrFN4O3S. The topological polar surface area (TPSA) is 83.8 Å². The molecule has 0 fully saturated rings. The molecule has 0 unspecified atom stereocenters. The molecule has 1 aromatic heterocycles. The molecule has 1 amide bonds. The fourth-order valence-electron chi connectivity index (χ4n) is 4.04. The minimum atomic E-state index is -4.23. The zero-order chi connectivity index (χ0) is 27.4. The number of rotatable bonds is 8. The van der Waals surface area contributed by atoms with Crippen molar-refractivity contribution in [1.82, 2.24) is 9.99 Å². The van der Waals surface area contributed by atoms with Crippen molar-refractivity contribution in [1.29, 1.82) is 0 Å². The molecule has 4 rings (SSSR count). The summed E-state index contributed by atoms with van der Waals surface area (Å²) >= 11 is 3.44. The van der Waals surface area contributed by atoms with Gasteiger partial charge in [-0.05, 0) is 75.4 Å². The van der Waals surface area contributed by atoms with Crippen LogP contribution in [-0.2, 0) is 14.8 Å². The molecule has 7 nitrogen and oxygen atoms in total. The van der Waals surface area contributed by atoms with E-state index in [0.29, 0.717) is 0 Å². The van der Waals surface area contributed by atoms with Gasteiger partial charge in [0, 0.05) is 27.1 Å². The highest BCUT2D eigenvalue weighted by Gasteiger charge is 2.29. The highest BCUT2D eigenvalue weighted by atomic mass is 79.9. The maximum atomic E-state index is 14.6. The molecule has 3 aromatic carbocycles. The van der Waals surface area contributed by atoms with Crippen molar-refractivity contribution in [3.05, 3.63) is 112 Å². The highest BCUT2D eigenvalue weighted by Crippen LogP contribution is 2.26. The van der Waals surface area contributed by atoms with Crippen molar-refractivity contribution < 1.29 is 17.6 Å². The quantitative estimate of drug-likeness (QED) is 0.211. The molecule has 1 heterocycles. The number of aryl methyl sites for hydroxylation is 2. The van der Waals surface area contributed by atoms with Crippen molar-refractivity contribution in [2.24, 2.45) is 5.10 Å². The number of aromatic nitrogens is 1. The van der Waals surface area contributed by atoms with Gasteiger partial charge in [-0.1, -0.05) is 45.8 Å². The lowest BCUT2D eigenvalue weighted by molar-refractivity contribution is -0.119. The largest absolute Gasteiger partial charge is 0.318 e. The van der Waals surface area contributed by atoms with Crippen molar-refractivity contribution in [2.45, 2.75) is 25.7 Å². The lowest BCUT2D eigenvalue weighted by Gasteiger charge is -2.24. The van der Waals surface area contributed by atoms with Crippen LogP contribution in [0.4, 0.5) is 10.1 Å². The lowest BCUT2D eigenvalue weighted by atomic mass is 10.2. The van der Waals surface area contributed by atoms with Crippen LogP contribution >= 0.6 is 15.9 Å². The van der Waals surface area contributed by atoms with Gasteiger partial charge in [-0.3, -0.25) is 9.10 Å². The van der Waals surface area contributed by atoms with Gasteiger partial charge in [-0.15, -0.1) is 0 Å². The van der Waals surface area contributed by atoms with E-state index in [1.54, 1.807) is 12.1 Å². The van der Waals surface area contributed by atoms with Crippen LogP contribution in [0.15, 0.2) is 93.3 Å². The van der Waals surface area contributed by atoms with Gasteiger partial charge in [0.2, 0.25) is 0 Å². The summed E-state index contributed by atoms with van der Waals surface area (Å²) in [5.74, 6) is -1.48. The minimum Gasteiger partial charge on any atom is -0.318 e. The van der Waals surface area contributed by atoms with Crippen molar-refractivity contribution >= 4 is 43.8 Å². The first kappa shape index (κ1) is 27.3. The SMILES string of the molecule is Cc1ccc(S(=O)(=O)N(CC(=O)N/N=C/c2cc(C)n(-c3ccc(Br)cc3)c2C)c2ccccc2F)cc1. The van der Waals surface area contributed by atoms with Gasteiger partial charge in [-0.25, -0.2) is 18.2 Å². The third kappa shape index (κ3) is 5.87. The number of halogens is 2. The van der Waals surface area contributed by atoms with Gasteiger partial charge >= 0.3 is 0 Å². The summed E-state index contributed by atoms with van der Waals surface area (Å²) in [5, 5.41) is 4.04. The highest BCUT2D eigenvalue weighted by molar-refractivity contribution is 9.10. The number of carbonyl (C=O) groups is 1. The van der Waals surface area contributed by atoms with E-state index in [1.807, 2.05) is 51.1 Å². The van der Waals surface area contributed by atoms with Crippen LogP contribution in [0.1, 0.15) is 22.5 Å². The van der Waals surface area contributed by atoms with Gasteiger partial charge in [0.05, 0.1) is 16.8 Å². The number of anilines is 1. The first-order chi connectivity index (χ1) is 18.1. The number of amides is 1. The van der Waals surface area contributed by atoms with Gasteiger partial charge in [-0.2, -0.15) is 5.10 Å². The molecule has 0 bridgehead atoms. The van der Waals surface area contributed by atoms with Crippen molar-refractivity contribution in [3.8, 4) is 5.69 Å². The summed E-state index contributed by atoms with van der Waals surface area (Å²) in [6, 6.07) is 21.4. The van der Waals surface area contributed by atoms with Crippen LogP contribution in [0.25, 0.3) is 5.69 Å². The molecule has 10 heteroatoms. The number of sulfonamides is 1. The number of hydrogen-bond donors (Lipinski definition) is 1. The lowest BCUT2D eigenvalue weighted by Crippen LogP contribution is -2.40. The Morgan fingerprint density at radius 3 is 2.34 bits per heavy atom. The summed E-state index contributed by atoms with van der Waals surface area (Å²) in [6.07, 6.45) is 1.50. The van der Waals surface area contributed by atoms with Crippen LogP contribution < -0.4 is 9.73 Å². The van der Waals surface area contributed by atoms with Crippen molar-refractivity contribution in [3.63, 3.8) is 0 Å². The summed E-state index contributed by atoms with van der Waals surface area (Å²) in [5.41, 5.74) is 6.67. The summed E-state index contributed by atoms with van der Waals surface area (Å²) in [7, 11) is -4.23. The Labute approximate surface area is 229 Å². The van der Waals surface area contributed by atoms with E-state index in [0.717, 1.165) is 43.0 Å². The standard InChI is InChI=1S/C28H26BrFN4O3S/c1-19-8-14-25(15-9-19)38(36,37)33(27-7-5-4-6-26(27)30)18-28(35)32-31-17-22-16-20(2)34(21(22)3)24-12-10-23(29)11-13-24/h4-17H,18H2,1-3H3,(H,32,35)/b31-17+. The Bertz CT molecular complexity index is 1600. The van der Waals surface area contributed by atoms with E-state index in [4.69, 9.17) is 0 Å². The molecule has 0 atom stereocenters. The molecule has 0 saturated carbocycles. The van der Waals surface area contributed by atoms with Crippen molar-refractivity contribution in [2.75, 3.05) is 10.8 Å². The summed E-state index contributed by atoms with van der Waals surface area (Å²) in [4.78, 5) is 12.8. The Kier molecular flexibility index (Phi) is 8.13. The van der Waals surface area contributed by atoms with E-state index >= 15 is 0 Å². The van der Waals surface area contributed by atoms with Gasteiger partial charge in [0.25, 0.3) is 15.9 Å². The fourth-order valence-corrected chi connectivity index (χ4v) is 5.73. The van der Waals surface area contributed by atoms with Crippen LogP contribution in [0.3, 0.4) is 0 Å². The predicted molar refractivity (Wildman–Crippen MR) is 151 cm³/mol. The van der Waals surface area contributed by atoms with Gasteiger partial charge < -0.3 is 4.57 Å². The fraction of sp³-hybridized carbons (Fsp3) is 0.143. The number of hydrazone groups is 1. The third-order valence-electron chi connectivity index (χ3n) is 5.97. The van der Waals surface area contributed by atoms with E-state index < -0.39 is 28.3 Å². The zero-order valence-electron chi connectivity index (χ0n) is 21.0. The Balaban J connectivity index is 1.56. The molecule has 0 aliphatic heterocycles. The van der Waals surface area contributed by atoms with E-state index in [2.05, 4.69) is 31.0 Å². The Hall–Kier alpha value is -3.76. The molecule has 196 valence electrons. The van der Waals surface area contributed by atoms with E-state index in [1.165, 1.54) is 36.5 Å². The molecule has 38 heavy (non-hydrogen) atoms. The molecule has 4 aromatic rings. The average molecular weight is 598 g/mol. The first-order valence-electron chi connectivity index (χ1n) is 11.7. The Morgan fingerprint density at radius 1 is 1.03 bits per heavy atom. The van der Waals surface area contributed by atoms with Crippen LogP contribution in [0, 0.1) is 26.6 Å². The second-order valence-electron chi connectivity index (χ2n) is 8.71. The number of para-hydroxylation sites is 1. The number of nitrogens with one attached hydrogen (secondary N) is 1. The Morgan fingerprint density at radius 2 is 1.68 bits per heavy atom. The molecular weight excluding hydrogens is 571 g/mol. The molecule has 0 radical (unpaired) electrons. The van der Waals surface area contributed by atoms with Crippen LogP contribution in [0.5, 0.6) is 0 Å². The number of nitrogens with zero attached hydrogens (tertiary/aromatic N) is 3. The second kappa shape index (κ2) is 11.3. The van der Waals surface area contributed by atoms with E-state index in [9.17, 15) is 17.6 Å². The average Bonchev–Trinajstić information content (AvgIpc) is 3.16. The smallest absolute Gasteiger partial charge is 0.264 e. The van der Waals surface area contributed by atoms with Crippen LogP contribution in [0.2, 0.25) is 0 Å². The first-order valence-corrected chi connectivity index (χ1v) is 13.9. The molecule has 1 N–H and O–H groups in total. The number of carbonyl (C=O) groups excluding carboxylic acids is 1. The molecule has 0 saturated heterocycles. The van der Waals surface area contributed by atoms with Gasteiger partial charge in [0.15, 0.2) is 0 Å². The normalized spacial score (nSPS) is 11.6. The minimum absolute atomic E-state index is 0.0527. The second-order valence-corrected chi connectivity index (χ2v) is 11.5. The summed E-state index contributed by atoms with van der Waals surface area (Å²) in [6.45, 7) is 5.07.